The summed E-state index contributed by atoms with van der Waals surface area (Å²) < 4.78 is 4.71. The standard InChI is InChI=1S/C63H42N4/c1-6-20-43(21-7-1)61-62(65-56-32-18-17-31-55(56)64-61)67-59-38-35-45(44-34-37-58-52(40-44)51-30-16-19-33-57(51)66(58)50-28-14-5-15-29-50)41-53(59)54-42-49(36-39-60(54)67)63(46-22-8-2-9-23-46,47-24-10-3-11-25-47)48-26-12-4-13-27-48/h1-42H. The van der Waals surface area contributed by atoms with E-state index in [-0.39, 0.29) is 0 Å². The molecule has 0 bridgehead atoms. The molecule has 0 aliphatic heterocycles. The van der Waals surface area contributed by atoms with Crippen molar-refractivity contribution in [3.63, 3.8) is 0 Å². The van der Waals surface area contributed by atoms with E-state index in [1.54, 1.807) is 0 Å². The van der Waals surface area contributed by atoms with E-state index in [9.17, 15) is 0 Å². The van der Waals surface area contributed by atoms with E-state index in [2.05, 4.69) is 246 Å². The maximum absolute atomic E-state index is 5.48. The molecule has 0 aliphatic rings. The highest BCUT2D eigenvalue weighted by Crippen LogP contribution is 2.48. The van der Waals surface area contributed by atoms with Gasteiger partial charge >= 0.3 is 0 Å². The highest BCUT2D eigenvalue weighted by Gasteiger charge is 2.39. The van der Waals surface area contributed by atoms with Crippen molar-refractivity contribution >= 4 is 54.6 Å². The summed E-state index contributed by atoms with van der Waals surface area (Å²) in [4.78, 5) is 10.8. The monoisotopic (exact) mass is 854 g/mol. The highest BCUT2D eigenvalue weighted by molar-refractivity contribution is 6.13. The van der Waals surface area contributed by atoms with Gasteiger partial charge in [0.25, 0.3) is 0 Å². The van der Waals surface area contributed by atoms with Crippen molar-refractivity contribution in [2.75, 3.05) is 0 Å². The van der Waals surface area contributed by atoms with Crippen molar-refractivity contribution < 1.29 is 0 Å². The second-order valence-electron chi connectivity index (χ2n) is 17.3. The summed E-state index contributed by atoms with van der Waals surface area (Å²) in [6.45, 7) is 0. The zero-order valence-electron chi connectivity index (χ0n) is 36.5. The van der Waals surface area contributed by atoms with Crippen LogP contribution in [0.1, 0.15) is 22.3 Å². The largest absolute Gasteiger partial charge is 0.309 e. The van der Waals surface area contributed by atoms with Gasteiger partial charge in [-0.05, 0) is 100 Å². The highest BCUT2D eigenvalue weighted by atomic mass is 15.1. The minimum atomic E-state index is -0.625. The molecule has 4 heteroatoms. The molecule has 0 aliphatic carbocycles. The number of fused-ring (bicyclic) bond motifs is 7. The van der Waals surface area contributed by atoms with Crippen LogP contribution in [-0.4, -0.2) is 19.1 Å². The Hall–Kier alpha value is -8.86. The molecule has 314 valence electrons. The van der Waals surface area contributed by atoms with Crippen LogP contribution in [0.3, 0.4) is 0 Å². The van der Waals surface area contributed by atoms with Crippen molar-refractivity contribution in [2.45, 2.75) is 5.41 Å². The molecule has 0 fully saturated rings. The minimum absolute atomic E-state index is 0.625. The molecule has 13 aromatic rings. The molecule has 10 aromatic carbocycles. The normalized spacial score (nSPS) is 11.9. The van der Waals surface area contributed by atoms with E-state index in [0.29, 0.717) is 0 Å². The summed E-state index contributed by atoms with van der Waals surface area (Å²) in [5.74, 6) is 0.793. The number of nitrogens with zero attached hydrogens (tertiary/aromatic N) is 4. The lowest BCUT2D eigenvalue weighted by Gasteiger charge is -2.37. The Bertz CT molecular complexity index is 3850. The van der Waals surface area contributed by atoms with Crippen LogP contribution >= 0.6 is 0 Å². The topological polar surface area (TPSA) is 35.6 Å². The van der Waals surface area contributed by atoms with Crippen LogP contribution in [0.15, 0.2) is 255 Å². The summed E-state index contributed by atoms with van der Waals surface area (Å²) in [5, 5.41) is 4.72. The van der Waals surface area contributed by atoms with Crippen LogP contribution in [-0.2, 0) is 5.41 Å². The first-order chi connectivity index (χ1) is 33.2. The summed E-state index contributed by atoms with van der Waals surface area (Å²) in [6.07, 6.45) is 0. The molecular weight excluding hydrogens is 813 g/mol. The molecule has 0 N–H and O–H groups in total. The van der Waals surface area contributed by atoms with Gasteiger partial charge in [0, 0.05) is 32.8 Å². The Labute approximate surface area is 388 Å². The van der Waals surface area contributed by atoms with Gasteiger partial charge in [-0.25, -0.2) is 9.97 Å². The second-order valence-corrected chi connectivity index (χ2v) is 17.3. The number of hydrogen-bond donors (Lipinski definition) is 0. The Morgan fingerprint density at radius 1 is 0.284 bits per heavy atom. The molecule has 0 unspecified atom stereocenters. The van der Waals surface area contributed by atoms with Gasteiger partial charge in [-0.3, -0.25) is 4.57 Å². The van der Waals surface area contributed by atoms with Crippen molar-refractivity contribution in [1.82, 2.24) is 19.1 Å². The zero-order valence-corrected chi connectivity index (χ0v) is 36.5. The van der Waals surface area contributed by atoms with E-state index in [0.717, 1.165) is 66.7 Å². The number of hydrogen-bond acceptors (Lipinski definition) is 2. The zero-order chi connectivity index (χ0) is 44.3. The lowest BCUT2D eigenvalue weighted by Crippen LogP contribution is -2.30. The van der Waals surface area contributed by atoms with Gasteiger partial charge in [0.2, 0.25) is 0 Å². The van der Waals surface area contributed by atoms with Crippen LogP contribution < -0.4 is 0 Å². The van der Waals surface area contributed by atoms with Crippen LogP contribution in [0.25, 0.3) is 88.5 Å². The second kappa shape index (κ2) is 15.7. The van der Waals surface area contributed by atoms with E-state index in [4.69, 9.17) is 9.97 Å². The molecule has 0 saturated heterocycles. The lowest BCUT2D eigenvalue weighted by atomic mass is 9.65. The van der Waals surface area contributed by atoms with Crippen LogP contribution in [0.2, 0.25) is 0 Å². The number of aromatic nitrogens is 4. The van der Waals surface area contributed by atoms with E-state index in [1.165, 1.54) is 44.1 Å². The molecule has 0 saturated carbocycles. The predicted molar refractivity (Wildman–Crippen MR) is 277 cm³/mol. The molecule has 0 spiro atoms. The Morgan fingerprint density at radius 2 is 0.716 bits per heavy atom. The van der Waals surface area contributed by atoms with Gasteiger partial charge in [-0.2, -0.15) is 0 Å². The van der Waals surface area contributed by atoms with Gasteiger partial charge in [0.05, 0.1) is 38.5 Å². The van der Waals surface area contributed by atoms with E-state index < -0.39 is 5.41 Å². The molecule has 0 atom stereocenters. The van der Waals surface area contributed by atoms with Crippen molar-refractivity contribution in [3.8, 4) is 33.9 Å². The average molecular weight is 855 g/mol. The first-order valence-electron chi connectivity index (χ1n) is 22.9. The van der Waals surface area contributed by atoms with Crippen molar-refractivity contribution in [1.29, 1.82) is 0 Å². The minimum Gasteiger partial charge on any atom is -0.309 e. The fraction of sp³-hybridized carbons (Fsp3) is 0.0159. The molecule has 3 heterocycles. The number of rotatable bonds is 8. The van der Waals surface area contributed by atoms with Crippen LogP contribution in [0.4, 0.5) is 0 Å². The predicted octanol–water partition coefficient (Wildman–Crippen LogP) is 15.5. The smallest absolute Gasteiger partial charge is 0.165 e. The van der Waals surface area contributed by atoms with Gasteiger partial charge in [-0.1, -0.05) is 188 Å². The molecule has 0 amide bonds. The summed E-state index contributed by atoms with van der Waals surface area (Å²) in [6, 6.07) is 91.9. The fourth-order valence-electron chi connectivity index (χ4n) is 10.7. The molecule has 4 nitrogen and oxygen atoms in total. The maximum Gasteiger partial charge on any atom is 0.165 e. The molecular formula is C63H42N4. The third-order valence-electron chi connectivity index (χ3n) is 13.6. The maximum atomic E-state index is 5.48. The van der Waals surface area contributed by atoms with Gasteiger partial charge < -0.3 is 4.57 Å². The number of para-hydroxylation sites is 4. The first kappa shape index (κ1) is 38.6. The fourth-order valence-corrected chi connectivity index (χ4v) is 10.7. The number of benzene rings is 10. The molecule has 13 rings (SSSR count). The van der Waals surface area contributed by atoms with E-state index in [1.807, 2.05) is 18.2 Å². The third-order valence-corrected chi connectivity index (χ3v) is 13.6. The summed E-state index contributed by atoms with van der Waals surface area (Å²) >= 11 is 0. The molecule has 3 aromatic heterocycles. The van der Waals surface area contributed by atoms with Gasteiger partial charge in [0.1, 0.15) is 5.69 Å². The quantitative estimate of drug-likeness (QED) is 0.143. The van der Waals surface area contributed by atoms with Crippen molar-refractivity contribution in [3.05, 3.63) is 277 Å². The first-order valence-corrected chi connectivity index (χ1v) is 22.9. The Kier molecular flexibility index (Phi) is 9.04. The molecule has 0 radical (unpaired) electrons. The Balaban J connectivity index is 1.12. The van der Waals surface area contributed by atoms with Crippen molar-refractivity contribution in [2.24, 2.45) is 0 Å². The lowest BCUT2D eigenvalue weighted by molar-refractivity contribution is 0.746. The summed E-state index contributed by atoms with van der Waals surface area (Å²) in [7, 11) is 0. The summed E-state index contributed by atoms with van der Waals surface area (Å²) in [5.41, 5.74) is 15.6. The molecule has 67 heavy (non-hydrogen) atoms. The third kappa shape index (κ3) is 6.15. The van der Waals surface area contributed by atoms with Crippen LogP contribution in [0.5, 0.6) is 0 Å². The SMILES string of the molecule is c1ccc(-c2nc3ccccc3nc2-n2c3ccc(-c4ccc5c(c4)c4ccccc4n5-c4ccccc4)cc3c3cc(C(c4ccccc4)(c4ccccc4)c4ccccc4)ccc32)cc1. The van der Waals surface area contributed by atoms with Crippen LogP contribution in [0, 0.1) is 0 Å². The Morgan fingerprint density at radius 3 is 1.31 bits per heavy atom. The van der Waals surface area contributed by atoms with E-state index >= 15 is 0 Å². The average Bonchev–Trinajstić information content (AvgIpc) is 3.92. The van der Waals surface area contributed by atoms with Gasteiger partial charge in [-0.15, -0.1) is 0 Å². The van der Waals surface area contributed by atoms with Gasteiger partial charge in [0.15, 0.2) is 5.82 Å².